The number of nitrogens with zero attached hydrogens (tertiary/aromatic N) is 3. The molecule has 6 heteroatoms. The van der Waals surface area contributed by atoms with Crippen molar-refractivity contribution in [3.05, 3.63) is 71.9 Å². The van der Waals surface area contributed by atoms with Crippen molar-refractivity contribution < 1.29 is 4.39 Å². The Hall–Kier alpha value is -3.05. The Morgan fingerprint density at radius 3 is 2.42 bits per heavy atom. The number of fused-ring (bicyclic) bond motifs is 1. The van der Waals surface area contributed by atoms with E-state index in [1.165, 1.54) is 12.1 Å². The lowest BCUT2D eigenvalue weighted by molar-refractivity contribution is 0.628. The second kappa shape index (κ2) is 6.69. The zero-order chi connectivity index (χ0) is 18.1. The molecule has 0 aliphatic rings. The van der Waals surface area contributed by atoms with E-state index in [2.05, 4.69) is 15.3 Å². The van der Waals surface area contributed by atoms with E-state index in [4.69, 9.17) is 16.6 Å². The highest BCUT2D eigenvalue weighted by Crippen LogP contribution is 2.40. The Labute approximate surface area is 154 Å². The molecule has 1 aromatic carbocycles. The Morgan fingerprint density at radius 1 is 1.00 bits per heavy atom. The zero-order valence-electron chi connectivity index (χ0n) is 13.9. The molecule has 0 amide bonds. The van der Waals surface area contributed by atoms with Gasteiger partial charge in [-0.2, -0.15) is 0 Å². The molecule has 0 aliphatic carbocycles. The standard InChI is InChI=1S/C20H14ClFN4/c1-23-19-16-10-14(21)11-25-20(16)26-18(13-2-4-15(22)5-3-13)17(19)12-6-8-24-9-7-12/h2-11H,1H3,(H,23,25,26). The molecule has 4 aromatic rings. The van der Waals surface area contributed by atoms with Gasteiger partial charge in [-0.05, 0) is 48.0 Å². The molecule has 0 aliphatic heterocycles. The highest BCUT2D eigenvalue weighted by Gasteiger charge is 2.18. The number of pyridine rings is 3. The van der Waals surface area contributed by atoms with Crippen molar-refractivity contribution in [1.29, 1.82) is 0 Å². The van der Waals surface area contributed by atoms with Gasteiger partial charge < -0.3 is 5.32 Å². The van der Waals surface area contributed by atoms with Crippen molar-refractivity contribution in [3.63, 3.8) is 0 Å². The van der Waals surface area contributed by atoms with Gasteiger partial charge in [-0.25, -0.2) is 14.4 Å². The monoisotopic (exact) mass is 364 g/mol. The Balaban J connectivity index is 2.12. The van der Waals surface area contributed by atoms with Gasteiger partial charge in [0.2, 0.25) is 0 Å². The number of anilines is 1. The Morgan fingerprint density at radius 2 is 1.73 bits per heavy atom. The number of benzene rings is 1. The molecule has 0 atom stereocenters. The van der Waals surface area contributed by atoms with Crippen LogP contribution >= 0.6 is 11.6 Å². The molecule has 0 spiro atoms. The van der Waals surface area contributed by atoms with E-state index in [1.807, 2.05) is 25.2 Å². The number of hydrogen-bond acceptors (Lipinski definition) is 4. The van der Waals surface area contributed by atoms with Crippen LogP contribution in [-0.4, -0.2) is 22.0 Å². The molecular weight excluding hydrogens is 351 g/mol. The molecule has 0 bridgehead atoms. The first-order valence-corrected chi connectivity index (χ1v) is 8.38. The number of hydrogen-bond donors (Lipinski definition) is 1. The summed E-state index contributed by atoms with van der Waals surface area (Å²) in [5.74, 6) is -0.293. The first kappa shape index (κ1) is 16.4. The van der Waals surface area contributed by atoms with Crippen LogP contribution in [0, 0.1) is 5.82 Å². The van der Waals surface area contributed by atoms with Crippen molar-refractivity contribution in [2.45, 2.75) is 0 Å². The fraction of sp³-hybridized carbons (Fsp3) is 0.0500. The summed E-state index contributed by atoms with van der Waals surface area (Å²) in [4.78, 5) is 13.2. The van der Waals surface area contributed by atoms with Gasteiger partial charge in [-0.1, -0.05) is 11.6 Å². The van der Waals surface area contributed by atoms with E-state index in [0.717, 1.165) is 27.8 Å². The minimum Gasteiger partial charge on any atom is -0.387 e. The maximum absolute atomic E-state index is 13.4. The van der Waals surface area contributed by atoms with Crippen LogP contribution in [0.5, 0.6) is 0 Å². The van der Waals surface area contributed by atoms with Crippen LogP contribution in [0.15, 0.2) is 61.1 Å². The average molecular weight is 365 g/mol. The largest absolute Gasteiger partial charge is 0.387 e. The molecule has 0 radical (unpaired) electrons. The second-order valence-corrected chi connectivity index (χ2v) is 6.16. The molecule has 3 heterocycles. The topological polar surface area (TPSA) is 50.7 Å². The predicted octanol–water partition coefficient (Wildman–Crippen LogP) is 5.19. The van der Waals surface area contributed by atoms with Crippen molar-refractivity contribution in [2.75, 3.05) is 12.4 Å². The molecule has 0 fully saturated rings. The van der Waals surface area contributed by atoms with Gasteiger partial charge >= 0.3 is 0 Å². The first-order valence-electron chi connectivity index (χ1n) is 8.00. The van der Waals surface area contributed by atoms with E-state index < -0.39 is 0 Å². The molecule has 1 N–H and O–H groups in total. The van der Waals surface area contributed by atoms with Crippen LogP contribution in [0.25, 0.3) is 33.4 Å². The first-order chi connectivity index (χ1) is 12.7. The van der Waals surface area contributed by atoms with E-state index in [0.29, 0.717) is 16.4 Å². The maximum Gasteiger partial charge on any atom is 0.162 e. The molecule has 3 aromatic heterocycles. The van der Waals surface area contributed by atoms with Crippen LogP contribution in [0.3, 0.4) is 0 Å². The van der Waals surface area contributed by atoms with E-state index in [1.54, 1.807) is 30.7 Å². The number of rotatable bonds is 3. The third-order valence-electron chi connectivity index (χ3n) is 4.14. The summed E-state index contributed by atoms with van der Waals surface area (Å²) in [7, 11) is 1.84. The average Bonchev–Trinajstić information content (AvgIpc) is 2.68. The molecule has 0 saturated heterocycles. The fourth-order valence-corrected chi connectivity index (χ4v) is 3.15. The van der Waals surface area contributed by atoms with Crippen LogP contribution in [0.2, 0.25) is 5.02 Å². The van der Waals surface area contributed by atoms with Gasteiger partial charge in [0.15, 0.2) is 5.65 Å². The van der Waals surface area contributed by atoms with Crippen molar-refractivity contribution in [3.8, 4) is 22.4 Å². The van der Waals surface area contributed by atoms with Crippen molar-refractivity contribution >= 4 is 28.3 Å². The summed E-state index contributed by atoms with van der Waals surface area (Å²) < 4.78 is 13.4. The summed E-state index contributed by atoms with van der Waals surface area (Å²) in [5, 5.41) is 4.60. The minimum absolute atomic E-state index is 0.293. The summed E-state index contributed by atoms with van der Waals surface area (Å²) in [6.45, 7) is 0. The van der Waals surface area contributed by atoms with Gasteiger partial charge in [-0.3, -0.25) is 4.98 Å². The van der Waals surface area contributed by atoms with Gasteiger partial charge in [0.25, 0.3) is 0 Å². The lowest BCUT2D eigenvalue weighted by Crippen LogP contribution is -2.01. The molecule has 4 rings (SSSR count). The summed E-state index contributed by atoms with van der Waals surface area (Å²) in [5.41, 5.74) is 4.76. The SMILES string of the molecule is CNc1c(-c2ccncc2)c(-c2ccc(F)cc2)nc2ncc(Cl)cc12. The highest BCUT2D eigenvalue weighted by atomic mass is 35.5. The van der Waals surface area contributed by atoms with E-state index in [9.17, 15) is 4.39 Å². The van der Waals surface area contributed by atoms with E-state index >= 15 is 0 Å². The van der Waals surface area contributed by atoms with Crippen LogP contribution in [0.1, 0.15) is 0 Å². The van der Waals surface area contributed by atoms with Crippen molar-refractivity contribution in [2.24, 2.45) is 0 Å². The highest BCUT2D eigenvalue weighted by molar-refractivity contribution is 6.31. The molecule has 0 saturated carbocycles. The summed E-state index contributed by atoms with van der Waals surface area (Å²) >= 11 is 6.15. The second-order valence-electron chi connectivity index (χ2n) is 5.73. The normalized spacial score (nSPS) is 10.9. The molecule has 128 valence electrons. The van der Waals surface area contributed by atoms with Gasteiger partial charge in [0.05, 0.1) is 16.4 Å². The smallest absolute Gasteiger partial charge is 0.162 e. The fourth-order valence-electron chi connectivity index (χ4n) is 3.00. The number of nitrogens with one attached hydrogen (secondary N) is 1. The minimum atomic E-state index is -0.293. The third kappa shape index (κ3) is 2.86. The van der Waals surface area contributed by atoms with Crippen LogP contribution in [0.4, 0.5) is 10.1 Å². The van der Waals surface area contributed by atoms with Gasteiger partial charge in [-0.15, -0.1) is 0 Å². The van der Waals surface area contributed by atoms with Crippen LogP contribution in [-0.2, 0) is 0 Å². The summed E-state index contributed by atoms with van der Waals surface area (Å²) in [6, 6.07) is 11.9. The zero-order valence-corrected chi connectivity index (χ0v) is 14.6. The number of aromatic nitrogens is 3. The predicted molar refractivity (Wildman–Crippen MR) is 103 cm³/mol. The molecular formula is C20H14ClFN4. The lowest BCUT2D eigenvalue weighted by atomic mass is 9.96. The van der Waals surface area contributed by atoms with Gasteiger partial charge in [0, 0.05) is 42.2 Å². The van der Waals surface area contributed by atoms with Crippen molar-refractivity contribution in [1.82, 2.24) is 15.0 Å². The quantitative estimate of drug-likeness (QED) is 0.543. The molecule has 26 heavy (non-hydrogen) atoms. The summed E-state index contributed by atoms with van der Waals surface area (Å²) in [6.07, 6.45) is 5.02. The van der Waals surface area contributed by atoms with E-state index in [-0.39, 0.29) is 5.82 Å². The number of halogens is 2. The van der Waals surface area contributed by atoms with Gasteiger partial charge in [0.1, 0.15) is 5.82 Å². The Bertz CT molecular complexity index is 1080. The van der Waals surface area contributed by atoms with Crippen LogP contribution < -0.4 is 5.32 Å². The molecule has 4 nitrogen and oxygen atoms in total. The maximum atomic E-state index is 13.4. The Kier molecular flexibility index (Phi) is 4.22. The molecule has 0 unspecified atom stereocenters. The lowest BCUT2D eigenvalue weighted by Gasteiger charge is -2.17. The third-order valence-corrected chi connectivity index (χ3v) is 4.35.